The molecule has 0 bridgehead atoms. The Hall–Kier alpha value is -5.57. The number of aryl methyl sites for hydroxylation is 2. The highest BCUT2D eigenvalue weighted by atomic mass is 127. The molecule has 0 atom stereocenters. The van der Waals surface area contributed by atoms with Crippen molar-refractivity contribution in [2.45, 2.75) is 66.5 Å². The van der Waals surface area contributed by atoms with Gasteiger partial charge in [-0.2, -0.15) is 0 Å². The third-order valence-corrected chi connectivity index (χ3v) is 11.5. The van der Waals surface area contributed by atoms with Crippen molar-refractivity contribution >= 4 is 55.8 Å². The van der Waals surface area contributed by atoms with Gasteiger partial charge in [-0.1, -0.05) is 0 Å². The molecule has 10 nitrogen and oxygen atoms in total. The molecule has 2 aliphatic rings. The smallest absolute Gasteiger partial charge is 0.162 e. The van der Waals surface area contributed by atoms with Crippen molar-refractivity contribution in [2.24, 2.45) is 0 Å². The summed E-state index contributed by atoms with van der Waals surface area (Å²) in [5, 5.41) is 26.2. The number of nitrogens with zero attached hydrogens (tertiary/aromatic N) is 7. The van der Waals surface area contributed by atoms with Gasteiger partial charge in [0.05, 0.1) is 45.0 Å². The lowest BCUT2D eigenvalue weighted by molar-refractivity contribution is 0.534. The second kappa shape index (κ2) is 13.3. The van der Waals surface area contributed by atoms with E-state index in [1.165, 1.54) is 33.0 Å². The van der Waals surface area contributed by atoms with Crippen molar-refractivity contribution in [3.8, 4) is 17.1 Å². The number of fused-ring (bicyclic) bond motifs is 8. The molecule has 8 aromatic rings. The number of rotatable bonds is 1. The standard InChI is InChI=1S/C21H20FN5.C13H15IN4.C8H6FN/c1-12-17(26-10-9-14-11-15(22)5-7-18(14)26)8-6-16-19(12)27-13(2)24-25-20(27)21(3,4)23-16;1-7-9(14)5-6-10-11(7)18-8(2)16-17-12(18)13(3,4)15-10;9-7-1-2-8-6(5-7)3-4-10-8/h5-11,23H,1-4H3;5-6,15H,1-4H3;1-5,10H. The van der Waals surface area contributed by atoms with Gasteiger partial charge in [-0.15, -0.1) is 20.4 Å². The van der Waals surface area contributed by atoms with Crippen LogP contribution in [0.1, 0.15) is 62.1 Å². The summed E-state index contributed by atoms with van der Waals surface area (Å²) in [5.41, 5.74) is 9.32. The molecule has 3 N–H and O–H groups in total. The SMILES string of the molecule is Cc1c(-n2ccc3cc(F)ccc32)ccc2c1-n1c(C)nnc1C(C)(C)N2.Cc1c(I)ccc2c1-n1c(C)nnc1C(C)(C)N2.Fc1ccc2[nH]ccc2c1. The molecule has 10 rings (SSSR count). The fraction of sp³-hybridized carbons (Fsp3) is 0.238. The normalized spacial score (nSPS) is 14.3. The van der Waals surface area contributed by atoms with Gasteiger partial charge >= 0.3 is 0 Å². The van der Waals surface area contributed by atoms with Crippen molar-refractivity contribution in [1.29, 1.82) is 0 Å². The largest absolute Gasteiger partial charge is 0.371 e. The Kier molecular flexibility index (Phi) is 8.82. The van der Waals surface area contributed by atoms with E-state index in [2.05, 4.69) is 138 Å². The highest BCUT2D eigenvalue weighted by Crippen LogP contribution is 2.41. The summed E-state index contributed by atoms with van der Waals surface area (Å²) in [6, 6.07) is 21.8. The van der Waals surface area contributed by atoms with E-state index < -0.39 is 0 Å². The summed E-state index contributed by atoms with van der Waals surface area (Å²) in [5.74, 6) is 3.25. The highest BCUT2D eigenvalue weighted by molar-refractivity contribution is 14.1. The molecular formula is C42H41F2IN10. The molecule has 0 saturated carbocycles. The predicted molar refractivity (Wildman–Crippen MR) is 223 cm³/mol. The molecule has 4 aromatic heterocycles. The molecular weight excluding hydrogens is 809 g/mol. The lowest BCUT2D eigenvalue weighted by Crippen LogP contribution is -2.36. The Morgan fingerprint density at radius 1 is 0.618 bits per heavy atom. The minimum Gasteiger partial charge on any atom is -0.371 e. The van der Waals surface area contributed by atoms with Crippen LogP contribution in [0.15, 0.2) is 85.2 Å². The number of aromatic nitrogens is 8. The monoisotopic (exact) mass is 850 g/mol. The van der Waals surface area contributed by atoms with Crippen LogP contribution in [-0.2, 0) is 11.1 Å². The molecule has 13 heteroatoms. The zero-order valence-corrected chi connectivity index (χ0v) is 34.0. The van der Waals surface area contributed by atoms with E-state index in [9.17, 15) is 8.78 Å². The third kappa shape index (κ3) is 6.23. The zero-order valence-electron chi connectivity index (χ0n) is 31.8. The number of hydrogen-bond donors (Lipinski definition) is 3. The van der Waals surface area contributed by atoms with E-state index >= 15 is 0 Å². The average Bonchev–Trinajstić information content (AvgIpc) is 3.94. The van der Waals surface area contributed by atoms with Crippen LogP contribution >= 0.6 is 22.6 Å². The summed E-state index contributed by atoms with van der Waals surface area (Å²) in [4.78, 5) is 2.98. The first kappa shape index (κ1) is 36.4. The molecule has 2 aliphatic heterocycles. The number of anilines is 2. The van der Waals surface area contributed by atoms with Crippen LogP contribution in [0, 0.1) is 42.9 Å². The molecule has 4 aromatic carbocycles. The Balaban J connectivity index is 0.000000130. The van der Waals surface area contributed by atoms with Gasteiger partial charge in [0.25, 0.3) is 0 Å². The van der Waals surface area contributed by atoms with Crippen molar-refractivity contribution < 1.29 is 8.78 Å². The van der Waals surface area contributed by atoms with E-state index in [0.29, 0.717) is 0 Å². The Labute approximate surface area is 331 Å². The maximum absolute atomic E-state index is 13.6. The van der Waals surface area contributed by atoms with Gasteiger partial charge in [0.1, 0.15) is 23.3 Å². The van der Waals surface area contributed by atoms with E-state index in [4.69, 9.17) is 0 Å². The van der Waals surface area contributed by atoms with E-state index in [0.717, 1.165) is 73.4 Å². The number of nitrogens with one attached hydrogen (secondary N) is 3. The van der Waals surface area contributed by atoms with Gasteiger partial charge in [0.2, 0.25) is 0 Å². The summed E-state index contributed by atoms with van der Waals surface area (Å²) < 4.78 is 33.7. The molecule has 0 saturated heterocycles. The van der Waals surface area contributed by atoms with Crippen molar-refractivity contribution in [3.05, 3.63) is 135 Å². The second-order valence-electron chi connectivity index (χ2n) is 15.1. The van der Waals surface area contributed by atoms with Crippen LogP contribution < -0.4 is 10.6 Å². The predicted octanol–water partition coefficient (Wildman–Crippen LogP) is 10.1. The summed E-state index contributed by atoms with van der Waals surface area (Å²) >= 11 is 2.37. The third-order valence-electron chi connectivity index (χ3n) is 10.3. The Bertz CT molecular complexity index is 2770. The second-order valence-corrected chi connectivity index (χ2v) is 16.2. The first-order valence-corrected chi connectivity index (χ1v) is 19.1. The molecule has 0 aliphatic carbocycles. The van der Waals surface area contributed by atoms with Gasteiger partial charge in [0, 0.05) is 32.3 Å². The van der Waals surface area contributed by atoms with Crippen molar-refractivity contribution in [2.75, 3.05) is 10.6 Å². The minimum atomic E-state index is -0.306. The molecule has 0 amide bonds. The Morgan fingerprint density at radius 3 is 1.82 bits per heavy atom. The first-order valence-electron chi connectivity index (χ1n) is 18.0. The van der Waals surface area contributed by atoms with Gasteiger partial charge in [-0.3, -0.25) is 9.13 Å². The summed E-state index contributed by atoms with van der Waals surface area (Å²) in [6.45, 7) is 16.7. The molecule has 0 spiro atoms. The topological polar surface area (TPSA) is 106 Å². The Morgan fingerprint density at radius 2 is 1.18 bits per heavy atom. The molecule has 280 valence electrons. The van der Waals surface area contributed by atoms with E-state index in [1.54, 1.807) is 18.3 Å². The van der Waals surface area contributed by atoms with Crippen LogP contribution in [0.25, 0.3) is 38.9 Å². The van der Waals surface area contributed by atoms with Gasteiger partial charge in [0.15, 0.2) is 11.6 Å². The first-order chi connectivity index (χ1) is 26.1. The van der Waals surface area contributed by atoms with Gasteiger partial charge in [-0.25, -0.2) is 8.78 Å². The highest BCUT2D eigenvalue weighted by Gasteiger charge is 2.36. The molecule has 0 radical (unpaired) electrons. The minimum absolute atomic E-state index is 0.188. The molecule has 0 fully saturated rings. The van der Waals surface area contributed by atoms with Crippen LogP contribution in [0.2, 0.25) is 0 Å². The van der Waals surface area contributed by atoms with Gasteiger partial charge < -0.3 is 20.2 Å². The fourth-order valence-electron chi connectivity index (χ4n) is 7.61. The maximum atomic E-state index is 13.6. The number of aromatic amines is 1. The molecule has 55 heavy (non-hydrogen) atoms. The number of halogens is 3. The average molecular weight is 851 g/mol. The van der Waals surface area contributed by atoms with Gasteiger partial charge in [-0.05, 0) is 162 Å². The van der Waals surface area contributed by atoms with Crippen LogP contribution in [0.5, 0.6) is 0 Å². The zero-order chi connectivity index (χ0) is 39.0. The lowest BCUT2D eigenvalue weighted by Gasteiger charge is -2.35. The lowest BCUT2D eigenvalue weighted by atomic mass is 9.98. The quantitative estimate of drug-likeness (QED) is 0.142. The number of H-pyrrole nitrogens is 1. The number of hydrogen-bond acceptors (Lipinski definition) is 6. The molecule has 0 unspecified atom stereocenters. The van der Waals surface area contributed by atoms with Crippen LogP contribution in [0.3, 0.4) is 0 Å². The van der Waals surface area contributed by atoms with Crippen molar-refractivity contribution in [1.82, 2.24) is 39.1 Å². The fourth-order valence-corrected chi connectivity index (χ4v) is 8.04. The maximum Gasteiger partial charge on any atom is 0.162 e. The van der Waals surface area contributed by atoms with Crippen LogP contribution in [0.4, 0.5) is 20.2 Å². The van der Waals surface area contributed by atoms with E-state index in [-0.39, 0.29) is 22.7 Å². The molecule has 6 heterocycles. The van der Waals surface area contributed by atoms with Crippen LogP contribution in [-0.4, -0.2) is 39.1 Å². The van der Waals surface area contributed by atoms with Crippen molar-refractivity contribution in [3.63, 3.8) is 0 Å². The van der Waals surface area contributed by atoms with E-state index in [1.807, 2.05) is 38.2 Å². The summed E-state index contributed by atoms with van der Waals surface area (Å²) in [6.07, 6.45) is 3.78. The summed E-state index contributed by atoms with van der Waals surface area (Å²) in [7, 11) is 0. The number of benzene rings is 4.